The van der Waals surface area contributed by atoms with Crippen LogP contribution in [0, 0.1) is 0 Å². The van der Waals surface area contributed by atoms with Crippen molar-refractivity contribution in [2.24, 2.45) is 0 Å². The molecule has 19 aromatic carbocycles. The van der Waals surface area contributed by atoms with Crippen LogP contribution in [0.1, 0.15) is 0 Å². The summed E-state index contributed by atoms with van der Waals surface area (Å²) in [5.41, 5.74) is 19.0. The van der Waals surface area contributed by atoms with E-state index in [1.807, 2.05) is 18.2 Å². The molecule has 0 unspecified atom stereocenters. The molecule has 110 heavy (non-hydrogen) atoms. The number of benzene rings is 19. The van der Waals surface area contributed by atoms with E-state index in [1.54, 1.807) is 0 Å². The fourth-order valence-electron chi connectivity index (χ4n) is 16.7. The average molecular weight is 1400 g/mol. The van der Waals surface area contributed by atoms with Crippen LogP contribution in [0.2, 0.25) is 0 Å². The quantitative estimate of drug-likeness (QED) is 0.113. The van der Waals surface area contributed by atoms with Crippen molar-refractivity contribution < 1.29 is 0 Å². The Labute approximate surface area is 635 Å². The molecule has 0 radical (unpaired) electrons. The molecule has 510 valence electrons. The summed E-state index contributed by atoms with van der Waals surface area (Å²) in [4.78, 5) is 32.1. The molecule has 0 fully saturated rings. The molecule has 0 N–H and O–H groups in total. The minimum Gasteiger partial charge on any atom is -0.208 e. The Bertz CT molecular complexity index is 7200. The number of aromatic nitrogens is 6. The summed E-state index contributed by atoms with van der Waals surface area (Å²) >= 11 is 0. The third-order valence-electron chi connectivity index (χ3n) is 21.9. The first-order valence-corrected chi connectivity index (χ1v) is 37.4. The van der Waals surface area contributed by atoms with Crippen LogP contribution >= 0.6 is 0 Å². The summed E-state index contributed by atoms with van der Waals surface area (Å²) < 4.78 is 0. The zero-order valence-corrected chi connectivity index (χ0v) is 59.6. The van der Waals surface area contributed by atoms with E-state index in [1.165, 1.54) is 65.3 Å². The van der Waals surface area contributed by atoms with Crippen LogP contribution in [0.3, 0.4) is 0 Å². The molecule has 0 saturated heterocycles. The molecule has 6 nitrogen and oxygen atoms in total. The average Bonchev–Trinajstić information content (AvgIpc) is 0.732. The van der Waals surface area contributed by atoms with Gasteiger partial charge in [0, 0.05) is 33.4 Å². The summed E-state index contributed by atoms with van der Waals surface area (Å²) in [7, 11) is 0. The lowest BCUT2D eigenvalue weighted by atomic mass is 9.84. The van der Waals surface area contributed by atoms with E-state index in [0.717, 1.165) is 121 Å². The van der Waals surface area contributed by atoms with Gasteiger partial charge in [0.25, 0.3) is 0 Å². The van der Waals surface area contributed by atoms with Crippen LogP contribution in [0.15, 0.2) is 388 Å². The maximum absolute atomic E-state index is 5.46. The molecule has 0 spiro atoms. The van der Waals surface area contributed by atoms with Crippen molar-refractivity contribution in [2.45, 2.75) is 0 Å². The van der Waals surface area contributed by atoms with Gasteiger partial charge in [-0.05, 0) is 177 Å². The van der Waals surface area contributed by atoms with E-state index in [9.17, 15) is 0 Å². The molecule has 21 rings (SSSR count). The van der Waals surface area contributed by atoms with E-state index < -0.39 is 0 Å². The summed E-state index contributed by atoms with van der Waals surface area (Å²) in [5.74, 6) is 3.57. The molecule has 0 aliphatic rings. The molecule has 0 aliphatic carbocycles. The van der Waals surface area contributed by atoms with E-state index in [4.69, 9.17) is 29.9 Å². The van der Waals surface area contributed by atoms with Gasteiger partial charge < -0.3 is 0 Å². The van der Waals surface area contributed by atoms with Crippen molar-refractivity contribution in [3.8, 4) is 135 Å². The molecule has 0 bridgehead atoms. The predicted octanol–water partition coefficient (Wildman–Crippen LogP) is 27.3. The fourth-order valence-corrected chi connectivity index (χ4v) is 16.7. The second kappa shape index (κ2) is 26.7. The lowest BCUT2D eigenvalue weighted by Gasteiger charge is -2.19. The van der Waals surface area contributed by atoms with Gasteiger partial charge in [0.15, 0.2) is 34.9 Å². The molecule has 0 amide bonds. The van der Waals surface area contributed by atoms with E-state index in [0.29, 0.717) is 34.9 Å². The first kappa shape index (κ1) is 63.7. The predicted molar refractivity (Wildman–Crippen MR) is 458 cm³/mol. The van der Waals surface area contributed by atoms with Gasteiger partial charge in [0.1, 0.15) is 0 Å². The smallest absolute Gasteiger partial charge is 0.164 e. The van der Waals surface area contributed by atoms with Crippen LogP contribution < -0.4 is 0 Å². The summed E-state index contributed by atoms with van der Waals surface area (Å²) in [6.45, 7) is 0. The Morgan fingerprint density at radius 1 is 0.118 bits per heavy atom. The standard InChI is InChI=1S/C104H64N6/c1-2-27-72(28-3-1)99-105-101(109-103(107-99)92-47-21-31-69-25-7-10-38-82(69)92)80-36-19-34-78(63-80)97-86-41-13-12-40-85(86)95(71-54-49-66(50-55-71)75-58-53-65-23-4-5-29-74(65)61-75)91-60-59-76(64-94(91)97)67-51-56-73(57-52-67)100-106-102(110-104(108-100)93-48-22-32-70-26-8-11-39-83(70)93)79-35-18-33-77(62-79)96-87-42-14-16-44-89(87)98(90-45-17-15-43-88(90)96)84-46-20-30-68-24-6-9-37-81(68)84/h1-64H. The minimum absolute atomic E-state index is 0.576. The number of nitrogens with zero attached hydrogens (tertiary/aromatic N) is 6. The highest BCUT2D eigenvalue weighted by molar-refractivity contribution is 6.25. The molecule has 2 heterocycles. The lowest BCUT2D eigenvalue weighted by Crippen LogP contribution is -2.01. The van der Waals surface area contributed by atoms with Gasteiger partial charge in [0.2, 0.25) is 0 Å². The third-order valence-corrected chi connectivity index (χ3v) is 21.9. The topological polar surface area (TPSA) is 77.3 Å². The highest BCUT2D eigenvalue weighted by atomic mass is 15.0. The summed E-state index contributed by atoms with van der Waals surface area (Å²) in [5, 5.41) is 18.5. The maximum atomic E-state index is 5.46. The zero-order chi connectivity index (χ0) is 72.6. The third kappa shape index (κ3) is 11.2. The van der Waals surface area contributed by atoms with Crippen LogP contribution in [0.4, 0.5) is 0 Å². The van der Waals surface area contributed by atoms with Crippen LogP contribution in [-0.2, 0) is 0 Å². The SMILES string of the molecule is c1ccc(-c2nc(-c3cccc(-c4c5ccccc5c(-c5ccc(-c6ccc7ccccc7c6)cc5)c5ccc(-c6ccc(-c7nc(-c8cccc(-c9c%10ccccc%10c(-c%10cccc%11ccccc%10%11)c%10ccccc9%10)c8)nc(-c8cccc9ccccc89)n7)cc6)cc45)c3)nc(-c3cccc4ccccc34)n2)cc1. The van der Waals surface area contributed by atoms with Gasteiger partial charge in [0.05, 0.1) is 0 Å². The van der Waals surface area contributed by atoms with Gasteiger partial charge in [-0.2, -0.15) is 0 Å². The number of hydrogen-bond donors (Lipinski definition) is 0. The molecule has 0 atom stereocenters. The molecule has 0 aliphatic heterocycles. The Kier molecular flexibility index (Phi) is 15.5. The van der Waals surface area contributed by atoms with Crippen molar-refractivity contribution >= 4 is 86.2 Å². The van der Waals surface area contributed by atoms with Crippen molar-refractivity contribution in [3.05, 3.63) is 388 Å². The second-order valence-electron chi connectivity index (χ2n) is 28.3. The van der Waals surface area contributed by atoms with Crippen LogP contribution in [0.25, 0.3) is 221 Å². The summed E-state index contributed by atoms with van der Waals surface area (Å²) in [6, 6.07) is 139. The minimum atomic E-state index is 0.576. The molecule has 6 heteroatoms. The first-order valence-electron chi connectivity index (χ1n) is 37.4. The Balaban J connectivity index is 0.712. The van der Waals surface area contributed by atoms with Gasteiger partial charge in [-0.25, -0.2) is 29.9 Å². The van der Waals surface area contributed by atoms with E-state index >= 15 is 0 Å². The number of rotatable bonds is 12. The first-order chi connectivity index (χ1) is 54.5. The number of fused-ring (bicyclic) bond motifs is 8. The molecular formula is C104H64N6. The highest BCUT2D eigenvalue weighted by Gasteiger charge is 2.24. The summed E-state index contributed by atoms with van der Waals surface area (Å²) in [6.07, 6.45) is 0. The van der Waals surface area contributed by atoms with Crippen molar-refractivity contribution in [1.82, 2.24) is 29.9 Å². The van der Waals surface area contributed by atoms with E-state index in [-0.39, 0.29) is 0 Å². The van der Waals surface area contributed by atoms with Crippen LogP contribution in [0.5, 0.6) is 0 Å². The van der Waals surface area contributed by atoms with Gasteiger partial charge in [-0.1, -0.05) is 364 Å². The van der Waals surface area contributed by atoms with Gasteiger partial charge >= 0.3 is 0 Å². The maximum Gasteiger partial charge on any atom is 0.164 e. The van der Waals surface area contributed by atoms with Crippen molar-refractivity contribution in [1.29, 1.82) is 0 Å². The van der Waals surface area contributed by atoms with Gasteiger partial charge in [-0.15, -0.1) is 0 Å². The van der Waals surface area contributed by atoms with Crippen LogP contribution in [-0.4, -0.2) is 29.9 Å². The largest absolute Gasteiger partial charge is 0.208 e. The zero-order valence-electron chi connectivity index (χ0n) is 59.6. The monoisotopic (exact) mass is 1400 g/mol. The van der Waals surface area contributed by atoms with Crippen molar-refractivity contribution in [3.63, 3.8) is 0 Å². The molecule has 0 saturated carbocycles. The Hall–Kier alpha value is -14.7. The highest BCUT2D eigenvalue weighted by Crippen LogP contribution is 2.49. The fraction of sp³-hybridized carbons (Fsp3) is 0. The van der Waals surface area contributed by atoms with Crippen molar-refractivity contribution in [2.75, 3.05) is 0 Å². The van der Waals surface area contributed by atoms with Gasteiger partial charge in [-0.3, -0.25) is 0 Å². The lowest BCUT2D eigenvalue weighted by molar-refractivity contribution is 1.08. The molecule has 2 aromatic heterocycles. The normalized spacial score (nSPS) is 11.6. The Morgan fingerprint density at radius 3 is 0.909 bits per heavy atom. The Morgan fingerprint density at radius 2 is 0.409 bits per heavy atom. The van der Waals surface area contributed by atoms with E-state index in [2.05, 4.69) is 370 Å². The number of hydrogen-bond acceptors (Lipinski definition) is 6. The molecule has 21 aromatic rings. The second-order valence-corrected chi connectivity index (χ2v) is 28.3. The molecular weight excluding hydrogens is 1330 g/mol.